The Morgan fingerprint density at radius 2 is 1.75 bits per heavy atom. The van der Waals surface area contributed by atoms with Crippen molar-refractivity contribution in [2.75, 3.05) is 5.32 Å². The van der Waals surface area contributed by atoms with Gasteiger partial charge in [-0.25, -0.2) is 4.39 Å². The molecule has 0 aliphatic heterocycles. The van der Waals surface area contributed by atoms with E-state index in [0.717, 1.165) is 11.6 Å². The molecule has 2 amide bonds. The third kappa shape index (κ3) is 4.80. The Kier molecular flexibility index (Phi) is 5.93. The first kappa shape index (κ1) is 17.9. The van der Waals surface area contributed by atoms with Crippen LogP contribution < -0.4 is 10.6 Å². The van der Waals surface area contributed by atoms with Gasteiger partial charge in [-0.3, -0.25) is 9.59 Å². The molecular formula is C18H18ClFN2O2. The summed E-state index contributed by atoms with van der Waals surface area (Å²) in [6.07, 6.45) is 0. The molecule has 0 saturated carbocycles. The third-order valence-electron chi connectivity index (χ3n) is 3.49. The second-order valence-corrected chi connectivity index (χ2v) is 6.09. The largest absolute Gasteiger partial charge is 0.344 e. The van der Waals surface area contributed by atoms with Gasteiger partial charge in [-0.05, 0) is 35.2 Å². The molecule has 24 heavy (non-hydrogen) atoms. The SMILES string of the molecule is CC(C)c1ccc(CNC(=O)C(=O)Nc2ccc(Cl)cc2F)cc1. The average molecular weight is 349 g/mol. The predicted molar refractivity (Wildman–Crippen MR) is 92.4 cm³/mol. The molecule has 2 aromatic carbocycles. The van der Waals surface area contributed by atoms with E-state index in [1.165, 1.54) is 17.7 Å². The standard InChI is InChI=1S/C18H18ClFN2O2/c1-11(2)13-5-3-12(4-6-13)10-21-17(23)18(24)22-16-8-7-14(19)9-15(16)20/h3-9,11H,10H2,1-2H3,(H,21,23)(H,22,24). The molecule has 0 bridgehead atoms. The van der Waals surface area contributed by atoms with Crippen LogP contribution in [-0.2, 0) is 16.1 Å². The van der Waals surface area contributed by atoms with Gasteiger partial charge in [0.15, 0.2) is 0 Å². The molecule has 0 unspecified atom stereocenters. The predicted octanol–water partition coefficient (Wildman–Crippen LogP) is 3.86. The first-order valence-electron chi connectivity index (χ1n) is 7.50. The summed E-state index contributed by atoms with van der Waals surface area (Å²) in [5, 5.41) is 4.92. The summed E-state index contributed by atoms with van der Waals surface area (Å²) in [5.74, 6) is -2.05. The minimum absolute atomic E-state index is 0.0964. The fourth-order valence-electron chi connectivity index (χ4n) is 2.05. The van der Waals surface area contributed by atoms with Gasteiger partial charge in [0.2, 0.25) is 0 Å². The van der Waals surface area contributed by atoms with E-state index in [9.17, 15) is 14.0 Å². The van der Waals surface area contributed by atoms with Crippen molar-refractivity contribution < 1.29 is 14.0 Å². The maximum Gasteiger partial charge on any atom is 0.313 e. The fraction of sp³-hybridized carbons (Fsp3) is 0.222. The first-order chi connectivity index (χ1) is 11.4. The highest BCUT2D eigenvalue weighted by molar-refractivity contribution is 6.39. The lowest BCUT2D eigenvalue weighted by Gasteiger charge is -2.09. The number of halogens is 2. The molecule has 2 N–H and O–H groups in total. The van der Waals surface area contributed by atoms with Crippen molar-refractivity contribution in [3.63, 3.8) is 0 Å². The lowest BCUT2D eigenvalue weighted by molar-refractivity contribution is -0.136. The number of carbonyl (C=O) groups is 2. The molecule has 126 valence electrons. The number of hydrogen-bond donors (Lipinski definition) is 2. The molecule has 0 heterocycles. The Hall–Kier alpha value is -2.40. The summed E-state index contributed by atoms with van der Waals surface area (Å²) < 4.78 is 13.6. The van der Waals surface area contributed by atoms with Crippen LogP contribution in [0.25, 0.3) is 0 Å². The molecule has 0 radical (unpaired) electrons. The van der Waals surface area contributed by atoms with Gasteiger partial charge in [-0.1, -0.05) is 49.7 Å². The molecular weight excluding hydrogens is 331 g/mol. The zero-order chi connectivity index (χ0) is 17.7. The van der Waals surface area contributed by atoms with Crippen LogP contribution in [0.3, 0.4) is 0 Å². The van der Waals surface area contributed by atoms with Crippen molar-refractivity contribution in [2.24, 2.45) is 0 Å². The van der Waals surface area contributed by atoms with Gasteiger partial charge in [0, 0.05) is 11.6 Å². The highest BCUT2D eigenvalue weighted by atomic mass is 35.5. The number of hydrogen-bond acceptors (Lipinski definition) is 2. The number of anilines is 1. The molecule has 0 saturated heterocycles. The fourth-order valence-corrected chi connectivity index (χ4v) is 2.21. The number of amides is 2. The van der Waals surface area contributed by atoms with Crippen molar-refractivity contribution in [3.8, 4) is 0 Å². The van der Waals surface area contributed by atoms with Gasteiger partial charge in [-0.15, -0.1) is 0 Å². The van der Waals surface area contributed by atoms with Gasteiger partial charge in [-0.2, -0.15) is 0 Å². The molecule has 2 rings (SSSR count). The van der Waals surface area contributed by atoms with Gasteiger partial charge >= 0.3 is 11.8 Å². The number of rotatable bonds is 4. The Labute approximate surface area is 145 Å². The monoisotopic (exact) mass is 348 g/mol. The van der Waals surface area contributed by atoms with Gasteiger partial charge in [0.1, 0.15) is 5.82 Å². The highest BCUT2D eigenvalue weighted by Crippen LogP contribution is 2.18. The highest BCUT2D eigenvalue weighted by Gasteiger charge is 2.15. The number of carbonyl (C=O) groups excluding carboxylic acids is 2. The average Bonchev–Trinajstić information content (AvgIpc) is 2.55. The van der Waals surface area contributed by atoms with Crippen molar-refractivity contribution in [1.82, 2.24) is 5.32 Å². The van der Waals surface area contributed by atoms with Crippen LogP contribution >= 0.6 is 11.6 Å². The van der Waals surface area contributed by atoms with E-state index in [2.05, 4.69) is 24.5 Å². The minimum Gasteiger partial charge on any atom is -0.344 e. The molecule has 0 atom stereocenters. The normalized spacial score (nSPS) is 10.5. The quantitative estimate of drug-likeness (QED) is 0.824. The van der Waals surface area contributed by atoms with Crippen LogP contribution in [0, 0.1) is 5.82 Å². The van der Waals surface area contributed by atoms with Crippen molar-refractivity contribution in [1.29, 1.82) is 0 Å². The lowest BCUT2D eigenvalue weighted by Crippen LogP contribution is -2.35. The van der Waals surface area contributed by atoms with Crippen molar-refractivity contribution >= 4 is 29.1 Å². The Morgan fingerprint density at radius 1 is 1.08 bits per heavy atom. The van der Waals surface area contributed by atoms with Gasteiger partial charge in [0.05, 0.1) is 5.69 Å². The maximum atomic E-state index is 13.6. The van der Waals surface area contributed by atoms with Crippen molar-refractivity contribution in [3.05, 3.63) is 64.4 Å². The van der Waals surface area contributed by atoms with Crippen LogP contribution in [-0.4, -0.2) is 11.8 Å². The third-order valence-corrected chi connectivity index (χ3v) is 3.72. The summed E-state index contributed by atoms with van der Waals surface area (Å²) in [6.45, 7) is 4.40. The van der Waals surface area contributed by atoms with Gasteiger partial charge < -0.3 is 10.6 Å². The summed E-state index contributed by atoms with van der Waals surface area (Å²) in [5.41, 5.74) is 1.97. The number of benzene rings is 2. The van der Waals surface area contributed by atoms with Crippen LogP contribution in [0.5, 0.6) is 0 Å². The summed E-state index contributed by atoms with van der Waals surface area (Å²) >= 11 is 5.63. The zero-order valence-corrected chi connectivity index (χ0v) is 14.2. The van der Waals surface area contributed by atoms with E-state index in [1.807, 2.05) is 24.3 Å². The molecule has 6 heteroatoms. The molecule has 0 fully saturated rings. The topological polar surface area (TPSA) is 58.2 Å². The Bertz CT molecular complexity index is 745. The first-order valence-corrected chi connectivity index (χ1v) is 7.87. The molecule has 4 nitrogen and oxygen atoms in total. The van der Waals surface area contributed by atoms with E-state index < -0.39 is 17.6 Å². The summed E-state index contributed by atoms with van der Waals surface area (Å²) in [6, 6.07) is 11.5. The zero-order valence-electron chi connectivity index (χ0n) is 13.4. The molecule has 2 aromatic rings. The van der Waals surface area contributed by atoms with Crippen LogP contribution in [0.1, 0.15) is 30.9 Å². The smallest absolute Gasteiger partial charge is 0.313 e. The molecule has 0 spiro atoms. The maximum absolute atomic E-state index is 13.6. The summed E-state index contributed by atoms with van der Waals surface area (Å²) in [7, 11) is 0. The van der Waals surface area contributed by atoms with Crippen LogP contribution in [0.4, 0.5) is 10.1 Å². The Balaban J connectivity index is 1.90. The van der Waals surface area contributed by atoms with Crippen LogP contribution in [0.2, 0.25) is 5.02 Å². The second-order valence-electron chi connectivity index (χ2n) is 5.66. The van der Waals surface area contributed by atoms with E-state index in [-0.39, 0.29) is 17.3 Å². The molecule has 0 aromatic heterocycles. The number of nitrogens with one attached hydrogen (secondary N) is 2. The Morgan fingerprint density at radius 3 is 2.33 bits per heavy atom. The summed E-state index contributed by atoms with van der Waals surface area (Å²) in [4.78, 5) is 23.6. The van der Waals surface area contributed by atoms with Crippen LogP contribution in [0.15, 0.2) is 42.5 Å². The van der Waals surface area contributed by atoms with Crippen molar-refractivity contribution in [2.45, 2.75) is 26.3 Å². The van der Waals surface area contributed by atoms with E-state index >= 15 is 0 Å². The van der Waals surface area contributed by atoms with Gasteiger partial charge in [0.25, 0.3) is 0 Å². The van der Waals surface area contributed by atoms with E-state index in [4.69, 9.17) is 11.6 Å². The van der Waals surface area contributed by atoms with E-state index in [0.29, 0.717) is 5.92 Å². The second kappa shape index (κ2) is 7.93. The molecule has 0 aliphatic rings. The minimum atomic E-state index is -0.935. The van der Waals surface area contributed by atoms with E-state index in [1.54, 1.807) is 0 Å². The lowest BCUT2D eigenvalue weighted by atomic mass is 10.0. The molecule has 0 aliphatic carbocycles.